The molecule has 4 heteroatoms. The summed E-state index contributed by atoms with van der Waals surface area (Å²) >= 11 is 0. The maximum absolute atomic E-state index is 9.98. The standard InChI is InChI=1S/C18H19N3O/c1-14-7-8-17(20-16(14)11-19)21-10-9-18(12-21,13-22)15-5-3-2-4-6-15/h2-8,22H,9-10,12-13H2,1H3. The van der Waals surface area contributed by atoms with E-state index in [1.54, 1.807) is 0 Å². The Morgan fingerprint density at radius 3 is 2.73 bits per heavy atom. The number of benzene rings is 1. The van der Waals surface area contributed by atoms with E-state index >= 15 is 0 Å². The van der Waals surface area contributed by atoms with Gasteiger partial charge in [-0.1, -0.05) is 36.4 Å². The third-order valence-corrected chi connectivity index (χ3v) is 4.55. The van der Waals surface area contributed by atoms with Gasteiger partial charge in [0.15, 0.2) is 0 Å². The predicted octanol–water partition coefficient (Wildman–Crippen LogP) is 2.40. The number of aryl methyl sites for hydroxylation is 1. The van der Waals surface area contributed by atoms with Crippen LogP contribution in [0.5, 0.6) is 0 Å². The Hall–Kier alpha value is -2.38. The molecule has 3 rings (SSSR count). The molecule has 0 aliphatic carbocycles. The van der Waals surface area contributed by atoms with Crippen LogP contribution in [0.25, 0.3) is 0 Å². The van der Waals surface area contributed by atoms with Crippen molar-refractivity contribution in [3.05, 3.63) is 59.3 Å². The van der Waals surface area contributed by atoms with E-state index in [0.717, 1.165) is 29.9 Å². The molecule has 1 saturated heterocycles. The maximum Gasteiger partial charge on any atom is 0.145 e. The van der Waals surface area contributed by atoms with Gasteiger partial charge in [0.1, 0.15) is 17.6 Å². The smallest absolute Gasteiger partial charge is 0.145 e. The van der Waals surface area contributed by atoms with Crippen LogP contribution in [0.4, 0.5) is 5.82 Å². The van der Waals surface area contributed by atoms with Gasteiger partial charge >= 0.3 is 0 Å². The van der Waals surface area contributed by atoms with Crippen LogP contribution in [0.15, 0.2) is 42.5 Å². The lowest BCUT2D eigenvalue weighted by atomic mass is 9.80. The quantitative estimate of drug-likeness (QED) is 0.944. The van der Waals surface area contributed by atoms with Crippen molar-refractivity contribution in [2.75, 3.05) is 24.6 Å². The van der Waals surface area contributed by atoms with Gasteiger partial charge in [0.2, 0.25) is 0 Å². The minimum Gasteiger partial charge on any atom is -0.395 e. The van der Waals surface area contributed by atoms with Crippen LogP contribution in [0, 0.1) is 18.3 Å². The second-order valence-corrected chi connectivity index (χ2v) is 5.92. The van der Waals surface area contributed by atoms with E-state index in [0.29, 0.717) is 12.2 Å². The molecule has 0 amide bonds. The van der Waals surface area contributed by atoms with Gasteiger partial charge in [0.05, 0.1) is 6.61 Å². The highest BCUT2D eigenvalue weighted by atomic mass is 16.3. The first-order valence-electron chi connectivity index (χ1n) is 7.48. The zero-order valence-corrected chi connectivity index (χ0v) is 12.7. The molecular formula is C18H19N3O. The van der Waals surface area contributed by atoms with E-state index in [9.17, 15) is 5.11 Å². The Morgan fingerprint density at radius 1 is 1.27 bits per heavy atom. The lowest BCUT2D eigenvalue weighted by molar-refractivity contribution is 0.206. The van der Waals surface area contributed by atoms with Crippen molar-refractivity contribution in [3.8, 4) is 6.07 Å². The molecule has 1 unspecified atom stereocenters. The van der Waals surface area contributed by atoms with Crippen LogP contribution in [0.2, 0.25) is 0 Å². The molecule has 1 aromatic heterocycles. The Bertz CT molecular complexity index is 708. The van der Waals surface area contributed by atoms with Gasteiger partial charge in [0.25, 0.3) is 0 Å². The Balaban J connectivity index is 1.90. The summed E-state index contributed by atoms with van der Waals surface area (Å²) in [6, 6.07) is 16.2. The summed E-state index contributed by atoms with van der Waals surface area (Å²) in [6.07, 6.45) is 0.880. The van der Waals surface area contributed by atoms with Crippen LogP contribution in [-0.4, -0.2) is 29.8 Å². The number of rotatable bonds is 3. The molecule has 2 aromatic rings. The summed E-state index contributed by atoms with van der Waals surface area (Å²) < 4.78 is 0. The molecule has 22 heavy (non-hydrogen) atoms. The lowest BCUT2D eigenvalue weighted by Crippen LogP contribution is -2.34. The number of hydrogen-bond acceptors (Lipinski definition) is 4. The van der Waals surface area contributed by atoms with Crippen molar-refractivity contribution in [1.29, 1.82) is 5.26 Å². The van der Waals surface area contributed by atoms with Crippen LogP contribution >= 0.6 is 0 Å². The predicted molar refractivity (Wildman–Crippen MR) is 85.7 cm³/mol. The number of aliphatic hydroxyl groups excluding tert-OH is 1. The van der Waals surface area contributed by atoms with Crippen LogP contribution in [0.3, 0.4) is 0 Å². The van der Waals surface area contributed by atoms with Crippen molar-refractivity contribution in [2.24, 2.45) is 0 Å². The molecule has 112 valence electrons. The molecular weight excluding hydrogens is 274 g/mol. The Morgan fingerprint density at radius 2 is 2.05 bits per heavy atom. The molecule has 4 nitrogen and oxygen atoms in total. The van der Waals surface area contributed by atoms with E-state index in [1.165, 1.54) is 0 Å². The third-order valence-electron chi connectivity index (χ3n) is 4.55. The number of nitriles is 1. The third kappa shape index (κ3) is 2.44. The number of anilines is 1. The average Bonchev–Trinajstić information content (AvgIpc) is 3.02. The SMILES string of the molecule is Cc1ccc(N2CCC(CO)(c3ccccc3)C2)nc1C#N. The fourth-order valence-electron chi connectivity index (χ4n) is 3.12. The van der Waals surface area contributed by atoms with Crippen LogP contribution in [0.1, 0.15) is 23.2 Å². The fraction of sp³-hybridized carbons (Fsp3) is 0.333. The molecule has 1 aliphatic rings. The van der Waals surface area contributed by atoms with Gasteiger partial charge in [-0.15, -0.1) is 0 Å². The summed E-state index contributed by atoms with van der Waals surface area (Å²) in [5.41, 5.74) is 2.27. The molecule has 0 spiro atoms. The average molecular weight is 293 g/mol. The van der Waals surface area contributed by atoms with Crippen molar-refractivity contribution in [1.82, 2.24) is 4.98 Å². The number of aromatic nitrogens is 1. The first-order chi connectivity index (χ1) is 10.7. The van der Waals surface area contributed by atoms with Gasteiger partial charge in [0, 0.05) is 18.5 Å². The number of pyridine rings is 1. The fourth-order valence-corrected chi connectivity index (χ4v) is 3.12. The van der Waals surface area contributed by atoms with Gasteiger partial charge < -0.3 is 10.0 Å². The second-order valence-electron chi connectivity index (χ2n) is 5.92. The van der Waals surface area contributed by atoms with Crippen molar-refractivity contribution >= 4 is 5.82 Å². The summed E-state index contributed by atoms with van der Waals surface area (Å²) in [6.45, 7) is 3.55. The monoisotopic (exact) mass is 293 g/mol. The Labute approximate surface area is 130 Å². The first kappa shape index (κ1) is 14.6. The van der Waals surface area contributed by atoms with E-state index in [-0.39, 0.29) is 12.0 Å². The van der Waals surface area contributed by atoms with Crippen LogP contribution in [-0.2, 0) is 5.41 Å². The molecule has 1 N–H and O–H groups in total. The van der Waals surface area contributed by atoms with Gasteiger partial charge in [-0.05, 0) is 30.5 Å². The summed E-state index contributed by atoms with van der Waals surface area (Å²) in [4.78, 5) is 6.61. The van der Waals surface area contributed by atoms with Crippen LogP contribution < -0.4 is 4.90 Å². The highest BCUT2D eigenvalue weighted by Gasteiger charge is 2.39. The zero-order valence-electron chi connectivity index (χ0n) is 12.7. The van der Waals surface area contributed by atoms with E-state index in [1.807, 2.05) is 37.3 Å². The molecule has 0 saturated carbocycles. The second kappa shape index (κ2) is 5.78. The largest absolute Gasteiger partial charge is 0.395 e. The topological polar surface area (TPSA) is 60.1 Å². The van der Waals surface area contributed by atoms with Crippen molar-refractivity contribution < 1.29 is 5.11 Å². The molecule has 1 fully saturated rings. The van der Waals surface area contributed by atoms with Crippen molar-refractivity contribution in [2.45, 2.75) is 18.8 Å². The number of aliphatic hydroxyl groups is 1. The summed E-state index contributed by atoms with van der Waals surface area (Å²) in [5.74, 6) is 0.813. The Kier molecular flexibility index (Phi) is 3.82. The molecule has 1 aliphatic heterocycles. The first-order valence-corrected chi connectivity index (χ1v) is 7.48. The maximum atomic E-state index is 9.98. The van der Waals surface area contributed by atoms with E-state index in [2.05, 4.69) is 28.1 Å². The minimum atomic E-state index is -0.249. The summed E-state index contributed by atoms with van der Waals surface area (Å²) in [5, 5.41) is 19.1. The summed E-state index contributed by atoms with van der Waals surface area (Å²) in [7, 11) is 0. The lowest BCUT2D eigenvalue weighted by Gasteiger charge is -2.28. The molecule has 0 bridgehead atoms. The normalized spacial score (nSPS) is 20.9. The number of nitrogens with zero attached hydrogens (tertiary/aromatic N) is 3. The zero-order chi connectivity index (χ0) is 15.6. The van der Waals surface area contributed by atoms with E-state index < -0.39 is 0 Å². The van der Waals surface area contributed by atoms with E-state index in [4.69, 9.17) is 5.26 Å². The molecule has 2 heterocycles. The van der Waals surface area contributed by atoms with Gasteiger partial charge in [-0.2, -0.15) is 5.26 Å². The molecule has 1 atom stereocenters. The minimum absolute atomic E-state index is 0.116. The molecule has 0 radical (unpaired) electrons. The highest BCUT2D eigenvalue weighted by molar-refractivity contribution is 5.48. The number of hydrogen-bond donors (Lipinski definition) is 1. The molecule has 1 aromatic carbocycles. The van der Waals surface area contributed by atoms with Gasteiger partial charge in [-0.25, -0.2) is 4.98 Å². The van der Waals surface area contributed by atoms with Crippen molar-refractivity contribution in [3.63, 3.8) is 0 Å². The highest BCUT2D eigenvalue weighted by Crippen LogP contribution is 2.36. The van der Waals surface area contributed by atoms with Gasteiger partial charge in [-0.3, -0.25) is 0 Å².